The van der Waals surface area contributed by atoms with Crippen LogP contribution in [0.15, 0.2) is 11.3 Å². The molecule has 0 heterocycles. The number of allylic oxidation sites excluding steroid dienone is 2. The second-order valence-electron chi connectivity index (χ2n) is 3.59. The van der Waals surface area contributed by atoms with Crippen LogP contribution in [0.2, 0.25) is 0 Å². The molecule has 0 unspecified atom stereocenters. The van der Waals surface area contributed by atoms with Gasteiger partial charge in [-0.3, -0.25) is 0 Å². The fourth-order valence-corrected chi connectivity index (χ4v) is 1.44. The molecule has 0 aliphatic heterocycles. The van der Waals surface area contributed by atoms with Gasteiger partial charge in [-0.05, 0) is 38.3 Å². The van der Waals surface area contributed by atoms with Crippen molar-refractivity contribution >= 4 is 0 Å². The highest BCUT2D eigenvalue weighted by molar-refractivity contribution is 5.05. The van der Waals surface area contributed by atoms with Crippen LogP contribution in [0, 0.1) is 0 Å². The second-order valence-corrected chi connectivity index (χ2v) is 3.59. The van der Waals surface area contributed by atoms with E-state index in [1.54, 1.807) is 0 Å². The predicted molar refractivity (Wildman–Crippen MR) is 65.1 cm³/mol. The van der Waals surface area contributed by atoms with Crippen LogP contribution < -0.4 is 5.73 Å². The van der Waals surface area contributed by atoms with Crippen LogP contribution in [-0.2, 0) is 9.47 Å². The number of hydrogen-bond acceptors (Lipinski definition) is 4. The Morgan fingerprint density at radius 3 is 2.56 bits per heavy atom. The molecule has 0 bridgehead atoms. The lowest BCUT2D eigenvalue weighted by Gasteiger charge is -2.12. The van der Waals surface area contributed by atoms with E-state index in [1.807, 2.05) is 6.92 Å². The van der Waals surface area contributed by atoms with Gasteiger partial charge in [-0.1, -0.05) is 6.92 Å². The molecule has 0 radical (unpaired) electrons. The zero-order valence-corrected chi connectivity index (χ0v) is 10.5. The van der Waals surface area contributed by atoms with E-state index in [-0.39, 0.29) is 6.61 Å². The van der Waals surface area contributed by atoms with Crippen molar-refractivity contribution < 1.29 is 14.6 Å². The molecule has 0 rings (SSSR count). The van der Waals surface area contributed by atoms with Crippen molar-refractivity contribution in [1.82, 2.24) is 0 Å². The Kier molecular flexibility index (Phi) is 10.5. The fourth-order valence-electron chi connectivity index (χ4n) is 1.44. The molecule has 0 amide bonds. The molecule has 96 valence electrons. The normalized spacial score (nSPS) is 12.5. The highest BCUT2D eigenvalue weighted by atomic mass is 16.5. The Labute approximate surface area is 98.4 Å². The first kappa shape index (κ1) is 15.4. The van der Waals surface area contributed by atoms with Gasteiger partial charge in [0.15, 0.2) is 0 Å². The molecule has 0 fully saturated rings. The molecule has 0 aromatic carbocycles. The number of nitrogens with two attached hydrogens (primary N) is 1. The largest absolute Gasteiger partial charge is 0.496 e. The van der Waals surface area contributed by atoms with Crippen LogP contribution in [0.3, 0.4) is 0 Å². The summed E-state index contributed by atoms with van der Waals surface area (Å²) in [4.78, 5) is 0. The fraction of sp³-hybridized carbons (Fsp3) is 0.833. The number of aliphatic hydroxyl groups is 1. The average Bonchev–Trinajstić information content (AvgIpc) is 2.30. The highest BCUT2D eigenvalue weighted by Gasteiger charge is 2.01. The molecule has 0 aromatic heterocycles. The molecule has 3 N–H and O–H groups in total. The van der Waals surface area contributed by atoms with Gasteiger partial charge in [-0.25, -0.2) is 0 Å². The summed E-state index contributed by atoms with van der Waals surface area (Å²) in [7, 11) is 0. The number of aliphatic hydroxyl groups excluding tert-OH is 1. The maximum Gasteiger partial charge on any atom is 0.111 e. The van der Waals surface area contributed by atoms with Gasteiger partial charge >= 0.3 is 0 Å². The van der Waals surface area contributed by atoms with Crippen LogP contribution in [0.4, 0.5) is 0 Å². The minimum absolute atomic E-state index is 0.0610. The van der Waals surface area contributed by atoms with Crippen LogP contribution in [0.1, 0.15) is 33.1 Å². The van der Waals surface area contributed by atoms with E-state index in [9.17, 15) is 0 Å². The van der Waals surface area contributed by atoms with E-state index in [4.69, 9.17) is 20.3 Å². The zero-order chi connectivity index (χ0) is 12.2. The van der Waals surface area contributed by atoms with Crippen molar-refractivity contribution in [2.75, 3.05) is 33.0 Å². The lowest BCUT2D eigenvalue weighted by molar-refractivity contribution is 0.0533. The van der Waals surface area contributed by atoms with Gasteiger partial charge < -0.3 is 20.3 Å². The van der Waals surface area contributed by atoms with E-state index < -0.39 is 0 Å². The molecule has 0 aliphatic carbocycles. The summed E-state index contributed by atoms with van der Waals surface area (Å²) in [5, 5.41) is 8.51. The Hall–Kier alpha value is -0.580. The van der Waals surface area contributed by atoms with Gasteiger partial charge in [0, 0.05) is 0 Å². The molecule has 0 saturated heterocycles. The van der Waals surface area contributed by atoms with E-state index in [1.165, 1.54) is 5.57 Å². The van der Waals surface area contributed by atoms with Gasteiger partial charge in [0.2, 0.25) is 0 Å². The molecule has 0 spiro atoms. The molecule has 4 nitrogen and oxygen atoms in total. The Bertz CT molecular complexity index is 193. The molecular formula is C12H25NO3. The summed E-state index contributed by atoms with van der Waals surface area (Å²) in [6.07, 6.45) is 3.02. The van der Waals surface area contributed by atoms with Gasteiger partial charge in [-0.2, -0.15) is 0 Å². The SMILES string of the molecule is CC/C(CCCN)=C(/C)OCCOCCO. The molecule has 0 aliphatic rings. The van der Waals surface area contributed by atoms with Crippen molar-refractivity contribution in [3.8, 4) is 0 Å². The Morgan fingerprint density at radius 2 is 2.00 bits per heavy atom. The molecule has 0 saturated carbocycles. The van der Waals surface area contributed by atoms with E-state index in [0.29, 0.717) is 19.8 Å². The summed E-state index contributed by atoms with van der Waals surface area (Å²) >= 11 is 0. The number of rotatable bonds is 10. The van der Waals surface area contributed by atoms with Gasteiger partial charge in [0.05, 0.1) is 25.6 Å². The Morgan fingerprint density at radius 1 is 1.25 bits per heavy atom. The van der Waals surface area contributed by atoms with Gasteiger partial charge in [0.25, 0.3) is 0 Å². The first-order chi connectivity index (χ1) is 7.76. The summed E-state index contributed by atoms with van der Waals surface area (Å²) in [5.74, 6) is 0.989. The molecule has 16 heavy (non-hydrogen) atoms. The van der Waals surface area contributed by atoms with Crippen LogP contribution in [-0.4, -0.2) is 38.1 Å². The summed E-state index contributed by atoms with van der Waals surface area (Å²) < 4.78 is 10.7. The number of hydrogen-bond donors (Lipinski definition) is 2. The van der Waals surface area contributed by atoms with Gasteiger partial charge in [0.1, 0.15) is 6.61 Å². The monoisotopic (exact) mass is 231 g/mol. The third kappa shape index (κ3) is 7.68. The lowest BCUT2D eigenvalue weighted by atomic mass is 10.1. The molecule has 4 heteroatoms. The first-order valence-corrected chi connectivity index (χ1v) is 5.96. The average molecular weight is 231 g/mol. The predicted octanol–water partition coefficient (Wildman–Crippen LogP) is 1.43. The molecule has 0 aromatic rings. The summed E-state index contributed by atoms with van der Waals surface area (Å²) in [6, 6.07) is 0. The zero-order valence-electron chi connectivity index (χ0n) is 10.5. The number of ether oxygens (including phenoxy) is 2. The topological polar surface area (TPSA) is 64.7 Å². The lowest BCUT2D eigenvalue weighted by Crippen LogP contribution is -2.07. The first-order valence-electron chi connectivity index (χ1n) is 5.96. The van der Waals surface area contributed by atoms with E-state index >= 15 is 0 Å². The van der Waals surface area contributed by atoms with E-state index in [2.05, 4.69) is 6.92 Å². The van der Waals surface area contributed by atoms with Crippen molar-refractivity contribution in [2.45, 2.75) is 33.1 Å². The van der Waals surface area contributed by atoms with Crippen LogP contribution >= 0.6 is 0 Å². The maximum absolute atomic E-state index is 8.51. The quantitative estimate of drug-likeness (QED) is 0.441. The van der Waals surface area contributed by atoms with E-state index in [0.717, 1.165) is 31.6 Å². The Balaban J connectivity index is 3.78. The summed E-state index contributed by atoms with van der Waals surface area (Å²) in [5.41, 5.74) is 6.81. The van der Waals surface area contributed by atoms with Crippen LogP contribution in [0.25, 0.3) is 0 Å². The van der Waals surface area contributed by atoms with Crippen molar-refractivity contribution in [2.24, 2.45) is 5.73 Å². The highest BCUT2D eigenvalue weighted by Crippen LogP contribution is 2.15. The summed E-state index contributed by atoms with van der Waals surface area (Å²) in [6.45, 7) is 6.33. The molecule has 0 atom stereocenters. The minimum Gasteiger partial charge on any atom is -0.496 e. The smallest absolute Gasteiger partial charge is 0.111 e. The van der Waals surface area contributed by atoms with Crippen LogP contribution in [0.5, 0.6) is 0 Å². The standard InChI is InChI=1S/C12H25NO3/c1-3-12(5-4-6-13)11(2)16-10-9-15-8-7-14/h14H,3-10,13H2,1-2H3/b12-11+. The van der Waals surface area contributed by atoms with Crippen molar-refractivity contribution in [3.63, 3.8) is 0 Å². The molecular weight excluding hydrogens is 206 g/mol. The third-order valence-electron chi connectivity index (χ3n) is 2.39. The van der Waals surface area contributed by atoms with Gasteiger partial charge in [-0.15, -0.1) is 0 Å². The minimum atomic E-state index is 0.0610. The van der Waals surface area contributed by atoms with Crippen molar-refractivity contribution in [3.05, 3.63) is 11.3 Å². The third-order valence-corrected chi connectivity index (χ3v) is 2.39. The van der Waals surface area contributed by atoms with Crippen molar-refractivity contribution in [1.29, 1.82) is 0 Å². The second kappa shape index (κ2) is 10.9. The maximum atomic E-state index is 8.51.